The SMILES string of the molecule is COc1ccc(OC)c(-c2ccc(N3CCN(C(=O)COc4cccc(NC(C)=O)c4)CC3)nn2)c1. The van der Waals surface area contributed by atoms with E-state index in [2.05, 4.69) is 20.4 Å². The number of hydrogen-bond donors (Lipinski definition) is 1. The van der Waals surface area contributed by atoms with Crippen molar-refractivity contribution in [1.82, 2.24) is 15.1 Å². The van der Waals surface area contributed by atoms with E-state index in [1.54, 1.807) is 43.4 Å². The third-order valence-electron chi connectivity index (χ3n) is 5.81. The highest BCUT2D eigenvalue weighted by atomic mass is 16.5. The number of nitrogens with zero attached hydrogens (tertiary/aromatic N) is 4. The summed E-state index contributed by atoms with van der Waals surface area (Å²) in [6, 6.07) is 16.3. The van der Waals surface area contributed by atoms with E-state index in [0.29, 0.717) is 54.8 Å². The van der Waals surface area contributed by atoms with Crippen molar-refractivity contribution in [2.75, 3.05) is 57.2 Å². The summed E-state index contributed by atoms with van der Waals surface area (Å²) in [5, 5.41) is 11.5. The van der Waals surface area contributed by atoms with Crippen LogP contribution in [0.4, 0.5) is 11.5 Å². The quantitative estimate of drug-likeness (QED) is 0.513. The topological polar surface area (TPSA) is 106 Å². The normalized spacial score (nSPS) is 13.2. The van der Waals surface area contributed by atoms with Crippen molar-refractivity contribution in [1.29, 1.82) is 0 Å². The fraction of sp³-hybridized carbons (Fsp3) is 0.308. The van der Waals surface area contributed by atoms with E-state index < -0.39 is 0 Å². The second-order valence-electron chi connectivity index (χ2n) is 8.21. The number of anilines is 2. The summed E-state index contributed by atoms with van der Waals surface area (Å²) in [4.78, 5) is 27.8. The molecule has 2 heterocycles. The van der Waals surface area contributed by atoms with E-state index in [9.17, 15) is 9.59 Å². The molecule has 1 aromatic heterocycles. The smallest absolute Gasteiger partial charge is 0.260 e. The molecule has 2 amide bonds. The Labute approximate surface area is 209 Å². The fourth-order valence-corrected chi connectivity index (χ4v) is 3.94. The van der Waals surface area contributed by atoms with Crippen LogP contribution in [0.1, 0.15) is 6.92 Å². The van der Waals surface area contributed by atoms with Gasteiger partial charge in [-0.05, 0) is 42.5 Å². The number of carbonyl (C=O) groups is 2. The molecule has 1 aliphatic rings. The molecular formula is C26H29N5O5. The zero-order valence-electron chi connectivity index (χ0n) is 20.6. The number of amides is 2. The molecule has 0 radical (unpaired) electrons. The molecule has 10 nitrogen and oxygen atoms in total. The average Bonchev–Trinajstić information content (AvgIpc) is 2.91. The average molecular weight is 492 g/mol. The Morgan fingerprint density at radius 2 is 1.72 bits per heavy atom. The van der Waals surface area contributed by atoms with Gasteiger partial charge in [0.05, 0.1) is 19.9 Å². The molecule has 36 heavy (non-hydrogen) atoms. The molecule has 188 valence electrons. The first-order valence-electron chi connectivity index (χ1n) is 11.6. The van der Waals surface area contributed by atoms with Crippen molar-refractivity contribution in [3.05, 3.63) is 54.6 Å². The highest BCUT2D eigenvalue weighted by Gasteiger charge is 2.23. The van der Waals surface area contributed by atoms with E-state index in [1.165, 1.54) is 6.92 Å². The van der Waals surface area contributed by atoms with Crippen LogP contribution in [-0.2, 0) is 9.59 Å². The van der Waals surface area contributed by atoms with Crippen molar-refractivity contribution in [3.8, 4) is 28.5 Å². The van der Waals surface area contributed by atoms with Crippen molar-refractivity contribution in [2.45, 2.75) is 6.92 Å². The van der Waals surface area contributed by atoms with Crippen LogP contribution in [0.15, 0.2) is 54.6 Å². The van der Waals surface area contributed by atoms with Gasteiger partial charge in [-0.25, -0.2) is 0 Å². The van der Waals surface area contributed by atoms with Crippen LogP contribution < -0.4 is 24.4 Å². The lowest BCUT2D eigenvalue weighted by Crippen LogP contribution is -2.50. The highest BCUT2D eigenvalue weighted by Crippen LogP contribution is 2.32. The Morgan fingerprint density at radius 1 is 0.917 bits per heavy atom. The van der Waals surface area contributed by atoms with Crippen LogP contribution in [0.2, 0.25) is 0 Å². The van der Waals surface area contributed by atoms with Crippen LogP contribution in [-0.4, -0.2) is 73.9 Å². The molecule has 0 saturated carbocycles. The molecule has 0 aliphatic carbocycles. The largest absolute Gasteiger partial charge is 0.497 e. The minimum atomic E-state index is -0.166. The molecule has 2 aromatic carbocycles. The zero-order valence-corrected chi connectivity index (χ0v) is 20.6. The molecule has 1 fully saturated rings. The molecule has 10 heteroatoms. The van der Waals surface area contributed by atoms with Gasteiger partial charge in [0.15, 0.2) is 12.4 Å². The third kappa shape index (κ3) is 6.01. The lowest BCUT2D eigenvalue weighted by molar-refractivity contribution is -0.133. The highest BCUT2D eigenvalue weighted by molar-refractivity contribution is 5.88. The van der Waals surface area contributed by atoms with Gasteiger partial charge in [-0.3, -0.25) is 9.59 Å². The standard InChI is InChI=1S/C26H29N5O5/c1-18(32)27-19-5-4-6-21(15-19)36-17-26(33)31-13-11-30(12-14-31)25-10-8-23(28-29-25)22-16-20(34-2)7-9-24(22)35-3/h4-10,15-16H,11-14,17H2,1-3H3,(H,27,32). The maximum atomic E-state index is 12.7. The number of piperazine rings is 1. The lowest BCUT2D eigenvalue weighted by Gasteiger charge is -2.35. The Kier molecular flexibility index (Phi) is 7.84. The molecule has 1 aliphatic heterocycles. The number of rotatable bonds is 8. The van der Waals surface area contributed by atoms with Crippen LogP contribution >= 0.6 is 0 Å². The molecule has 0 bridgehead atoms. The number of carbonyl (C=O) groups excluding carboxylic acids is 2. The zero-order chi connectivity index (χ0) is 25.5. The molecular weight excluding hydrogens is 462 g/mol. The maximum absolute atomic E-state index is 12.7. The number of benzene rings is 2. The molecule has 1 N–H and O–H groups in total. The summed E-state index contributed by atoms with van der Waals surface area (Å²) in [6.07, 6.45) is 0. The second-order valence-corrected chi connectivity index (χ2v) is 8.21. The van der Waals surface area contributed by atoms with Gasteiger partial charge in [0.2, 0.25) is 5.91 Å². The predicted octanol–water partition coefficient (Wildman–Crippen LogP) is 2.85. The second kappa shape index (κ2) is 11.4. The van der Waals surface area contributed by atoms with Gasteiger partial charge in [0.1, 0.15) is 17.2 Å². The van der Waals surface area contributed by atoms with Crippen LogP contribution in [0, 0.1) is 0 Å². The van der Waals surface area contributed by atoms with Gasteiger partial charge in [0, 0.05) is 50.4 Å². The third-order valence-corrected chi connectivity index (χ3v) is 5.81. The van der Waals surface area contributed by atoms with Crippen LogP contribution in [0.5, 0.6) is 17.2 Å². The van der Waals surface area contributed by atoms with Crippen molar-refractivity contribution in [3.63, 3.8) is 0 Å². The Morgan fingerprint density at radius 3 is 2.39 bits per heavy atom. The first kappa shape index (κ1) is 24.8. The number of aromatic nitrogens is 2. The van der Waals surface area contributed by atoms with Crippen molar-refractivity contribution in [2.24, 2.45) is 0 Å². The Balaban J connectivity index is 1.31. The molecule has 1 saturated heterocycles. The summed E-state index contributed by atoms with van der Waals surface area (Å²) in [6.45, 7) is 3.76. The minimum absolute atomic E-state index is 0.0690. The Hall–Kier alpha value is -4.34. The summed E-state index contributed by atoms with van der Waals surface area (Å²) in [5.41, 5.74) is 2.11. The summed E-state index contributed by atoms with van der Waals surface area (Å²) in [7, 11) is 3.23. The number of methoxy groups -OCH3 is 2. The van der Waals surface area contributed by atoms with Crippen LogP contribution in [0.3, 0.4) is 0 Å². The first-order chi connectivity index (χ1) is 17.5. The molecule has 0 unspecified atom stereocenters. The summed E-state index contributed by atoms with van der Waals surface area (Å²) < 4.78 is 16.4. The number of nitrogens with one attached hydrogen (secondary N) is 1. The summed E-state index contributed by atoms with van der Waals surface area (Å²) in [5.74, 6) is 2.41. The fourth-order valence-electron chi connectivity index (χ4n) is 3.94. The monoisotopic (exact) mass is 491 g/mol. The first-order valence-corrected chi connectivity index (χ1v) is 11.6. The molecule has 4 rings (SSSR count). The van der Waals surface area contributed by atoms with E-state index in [1.807, 2.05) is 30.3 Å². The Bertz CT molecular complexity index is 1210. The number of hydrogen-bond acceptors (Lipinski definition) is 8. The van der Waals surface area contributed by atoms with E-state index in [-0.39, 0.29) is 18.4 Å². The molecule has 0 atom stereocenters. The van der Waals surface area contributed by atoms with Gasteiger partial charge >= 0.3 is 0 Å². The molecule has 3 aromatic rings. The van der Waals surface area contributed by atoms with Gasteiger partial charge < -0.3 is 29.3 Å². The number of ether oxygens (including phenoxy) is 3. The van der Waals surface area contributed by atoms with Gasteiger partial charge in [-0.1, -0.05) is 6.07 Å². The van der Waals surface area contributed by atoms with E-state index in [0.717, 1.165) is 11.4 Å². The van der Waals surface area contributed by atoms with E-state index in [4.69, 9.17) is 14.2 Å². The lowest BCUT2D eigenvalue weighted by atomic mass is 10.1. The van der Waals surface area contributed by atoms with Crippen molar-refractivity contribution < 1.29 is 23.8 Å². The molecule has 0 spiro atoms. The van der Waals surface area contributed by atoms with Crippen molar-refractivity contribution >= 4 is 23.3 Å². The van der Waals surface area contributed by atoms with Gasteiger partial charge in [-0.2, -0.15) is 0 Å². The summed E-state index contributed by atoms with van der Waals surface area (Å²) >= 11 is 0. The minimum Gasteiger partial charge on any atom is -0.497 e. The maximum Gasteiger partial charge on any atom is 0.260 e. The van der Waals surface area contributed by atoms with Gasteiger partial charge in [0.25, 0.3) is 5.91 Å². The van der Waals surface area contributed by atoms with Gasteiger partial charge in [-0.15, -0.1) is 10.2 Å². The van der Waals surface area contributed by atoms with E-state index >= 15 is 0 Å². The predicted molar refractivity (Wildman–Crippen MR) is 136 cm³/mol. The van der Waals surface area contributed by atoms with Crippen LogP contribution in [0.25, 0.3) is 11.3 Å².